The van der Waals surface area contributed by atoms with Gasteiger partial charge in [0.15, 0.2) is 0 Å². The fourth-order valence-electron chi connectivity index (χ4n) is 2.20. The van der Waals surface area contributed by atoms with E-state index in [1.807, 2.05) is 30.3 Å². The highest BCUT2D eigenvalue weighted by atomic mass is 32.1. The van der Waals surface area contributed by atoms with Crippen molar-refractivity contribution < 1.29 is 14.3 Å². The molecular weight excluding hydrogens is 296 g/mol. The SMILES string of the molecule is O=C(Oc1cc2ccccc2cc1C(=O)S)c1ccccc1. The van der Waals surface area contributed by atoms with E-state index in [9.17, 15) is 9.59 Å². The first kappa shape index (κ1) is 14.4. The van der Waals surface area contributed by atoms with E-state index in [1.54, 1.807) is 36.4 Å². The summed E-state index contributed by atoms with van der Waals surface area (Å²) in [4.78, 5) is 23.9. The number of ether oxygens (including phenoxy) is 1. The standard InChI is InChI=1S/C18H12O3S/c19-17(12-6-2-1-3-7-12)21-16-11-14-9-5-4-8-13(14)10-15(16)18(20)22/h1-11H,(H,20,22). The summed E-state index contributed by atoms with van der Waals surface area (Å²) < 4.78 is 5.39. The van der Waals surface area contributed by atoms with Crippen molar-refractivity contribution in [2.75, 3.05) is 0 Å². The van der Waals surface area contributed by atoms with Crippen molar-refractivity contribution in [3.63, 3.8) is 0 Å². The smallest absolute Gasteiger partial charge is 0.343 e. The summed E-state index contributed by atoms with van der Waals surface area (Å²) in [5.41, 5.74) is 0.694. The third-order valence-corrected chi connectivity index (χ3v) is 3.53. The lowest BCUT2D eigenvalue weighted by atomic mass is 10.1. The lowest BCUT2D eigenvalue weighted by Gasteiger charge is -2.10. The van der Waals surface area contributed by atoms with Gasteiger partial charge in [0.05, 0.1) is 11.1 Å². The molecule has 3 nitrogen and oxygen atoms in total. The molecule has 0 saturated heterocycles. The van der Waals surface area contributed by atoms with E-state index in [-0.39, 0.29) is 11.3 Å². The Morgan fingerprint density at radius 2 is 1.41 bits per heavy atom. The lowest BCUT2D eigenvalue weighted by Crippen LogP contribution is -2.10. The first-order valence-corrected chi connectivity index (χ1v) is 7.13. The molecule has 0 amide bonds. The van der Waals surface area contributed by atoms with E-state index in [2.05, 4.69) is 12.6 Å². The molecule has 0 saturated carbocycles. The molecule has 0 N–H and O–H groups in total. The monoisotopic (exact) mass is 308 g/mol. The van der Waals surface area contributed by atoms with Crippen LogP contribution in [0.25, 0.3) is 10.8 Å². The Bertz CT molecular complexity index is 857. The second-order valence-electron chi connectivity index (χ2n) is 4.76. The van der Waals surface area contributed by atoms with E-state index in [4.69, 9.17) is 4.74 Å². The maximum atomic E-state index is 12.2. The Morgan fingerprint density at radius 3 is 2.05 bits per heavy atom. The molecule has 3 aromatic rings. The van der Waals surface area contributed by atoms with Crippen molar-refractivity contribution in [3.8, 4) is 5.75 Å². The average Bonchev–Trinajstić information content (AvgIpc) is 2.54. The van der Waals surface area contributed by atoms with Crippen LogP contribution in [0.4, 0.5) is 0 Å². The van der Waals surface area contributed by atoms with Crippen LogP contribution >= 0.6 is 12.6 Å². The van der Waals surface area contributed by atoms with Gasteiger partial charge in [-0.2, -0.15) is 0 Å². The Balaban J connectivity index is 2.03. The second kappa shape index (κ2) is 6.03. The van der Waals surface area contributed by atoms with Gasteiger partial charge in [-0.05, 0) is 35.0 Å². The van der Waals surface area contributed by atoms with Crippen LogP contribution in [0.3, 0.4) is 0 Å². The zero-order valence-corrected chi connectivity index (χ0v) is 12.4. The second-order valence-corrected chi connectivity index (χ2v) is 5.16. The van der Waals surface area contributed by atoms with Crippen LogP contribution in [0, 0.1) is 0 Å². The molecule has 3 aromatic carbocycles. The van der Waals surface area contributed by atoms with Crippen molar-refractivity contribution in [3.05, 3.63) is 77.9 Å². The third kappa shape index (κ3) is 2.87. The Kier molecular flexibility index (Phi) is 3.94. The summed E-state index contributed by atoms with van der Waals surface area (Å²) in [6.45, 7) is 0. The predicted molar refractivity (Wildman–Crippen MR) is 88.7 cm³/mol. The normalized spacial score (nSPS) is 10.4. The third-order valence-electron chi connectivity index (χ3n) is 3.29. The predicted octanol–water partition coefficient (Wildman–Crippen LogP) is 4.13. The molecule has 0 unspecified atom stereocenters. The van der Waals surface area contributed by atoms with Crippen LogP contribution < -0.4 is 4.74 Å². The number of carbonyl (C=O) groups excluding carboxylic acids is 2. The number of carbonyl (C=O) groups is 2. The summed E-state index contributed by atoms with van der Waals surface area (Å²) in [5.74, 6) is -0.292. The summed E-state index contributed by atoms with van der Waals surface area (Å²) >= 11 is 3.86. The van der Waals surface area contributed by atoms with Crippen molar-refractivity contribution in [2.45, 2.75) is 0 Å². The number of fused-ring (bicyclic) bond motifs is 1. The van der Waals surface area contributed by atoms with E-state index >= 15 is 0 Å². The molecule has 0 heterocycles. The van der Waals surface area contributed by atoms with Crippen molar-refractivity contribution >= 4 is 34.5 Å². The van der Waals surface area contributed by atoms with Gasteiger partial charge in [-0.15, -0.1) is 12.6 Å². The summed E-state index contributed by atoms with van der Waals surface area (Å²) in [5, 5.41) is 1.33. The van der Waals surface area contributed by atoms with E-state index in [0.29, 0.717) is 5.56 Å². The molecule has 0 atom stereocenters. The van der Waals surface area contributed by atoms with E-state index in [1.165, 1.54) is 0 Å². The molecule has 0 radical (unpaired) electrons. The maximum Gasteiger partial charge on any atom is 0.343 e. The molecule has 3 rings (SSSR count). The summed E-state index contributed by atoms with van der Waals surface area (Å²) in [6, 6.07) is 19.5. The van der Waals surface area contributed by atoms with E-state index < -0.39 is 11.1 Å². The van der Waals surface area contributed by atoms with Crippen LogP contribution in [-0.4, -0.2) is 11.1 Å². The molecule has 108 valence electrons. The maximum absolute atomic E-state index is 12.2. The molecule has 0 aliphatic carbocycles. The van der Waals surface area contributed by atoms with Crippen molar-refractivity contribution in [1.29, 1.82) is 0 Å². The van der Waals surface area contributed by atoms with Crippen LogP contribution in [0.15, 0.2) is 66.7 Å². The zero-order valence-electron chi connectivity index (χ0n) is 11.5. The summed E-state index contributed by atoms with van der Waals surface area (Å²) in [6.07, 6.45) is 0. The molecule has 0 aliphatic heterocycles. The number of esters is 1. The quantitative estimate of drug-likeness (QED) is 0.449. The van der Waals surface area contributed by atoms with Gasteiger partial charge in [-0.3, -0.25) is 4.79 Å². The number of hydrogen-bond acceptors (Lipinski definition) is 3. The van der Waals surface area contributed by atoms with Gasteiger partial charge in [0.2, 0.25) is 5.12 Å². The van der Waals surface area contributed by atoms with Gasteiger partial charge in [0, 0.05) is 0 Å². The van der Waals surface area contributed by atoms with Gasteiger partial charge in [0.1, 0.15) is 5.75 Å². The molecule has 0 aliphatic rings. The van der Waals surface area contributed by atoms with Crippen molar-refractivity contribution in [2.24, 2.45) is 0 Å². The minimum atomic E-state index is -0.508. The Hall–Kier alpha value is -2.59. The van der Waals surface area contributed by atoms with E-state index in [0.717, 1.165) is 10.8 Å². The van der Waals surface area contributed by atoms with Gasteiger partial charge in [-0.1, -0.05) is 42.5 Å². The molecule has 0 spiro atoms. The van der Waals surface area contributed by atoms with Crippen LogP contribution in [0.1, 0.15) is 20.7 Å². The lowest BCUT2D eigenvalue weighted by molar-refractivity contribution is 0.0733. The van der Waals surface area contributed by atoms with Gasteiger partial charge in [0.25, 0.3) is 0 Å². The number of benzene rings is 3. The Labute approximate surface area is 132 Å². The molecule has 22 heavy (non-hydrogen) atoms. The van der Waals surface area contributed by atoms with Crippen LogP contribution in [0.2, 0.25) is 0 Å². The fourth-order valence-corrected chi connectivity index (χ4v) is 2.38. The fraction of sp³-hybridized carbons (Fsp3) is 0. The highest BCUT2D eigenvalue weighted by Gasteiger charge is 2.15. The number of thiol groups is 1. The first-order valence-electron chi connectivity index (χ1n) is 6.68. The Morgan fingerprint density at radius 1 is 0.818 bits per heavy atom. The van der Waals surface area contributed by atoms with Crippen molar-refractivity contribution in [1.82, 2.24) is 0 Å². The highest BCUT2D eigenvalue weighted by molar-refractivity contribution is 7.97. The summed E-state index contributed by atoms with van der Waals surface area (Å²) in [7, 11) is 0. The molecule has 0 fully saturated rings. The molecule has 0 aromatic heterocycles. The minimum absolute atomic E-state index is 0.215. The molecule has 0 bridgehead atoms. The number of rotatable bonds is 3. The van der Waals surface area contributed by atoms with Crippen LogP contribution in [0.5, 0.6) is 5.75 Å². The molecule has 4 heteroatoms. The number of hydrogen-bond donors (Lipinski definition) is 1. The largest absolute Gasteiger partial charge is 0.422 e. The highest BCUT2D eigenvalue weighted by Crippen LogP contribution is 2.28. The average molecular weight is 308 g/mol. The molecular formula is C18H12O3S. The van der Waals surface area contributed by atoms with Gasteiger partial charge in [-0.25, -0.2) is 4.79 Å². The zero-order chi connectivity index (χ0) is 15.5. The van der Waals surface area contributed by atoms with Gasteiger partial charge < -0.3 is 4.74 Å². The topological polar surface area (TPSA) is 43.4 Å². The first-order chi connectivity index (χ1) is 10.6. The minimum Gasteiger partial charge on any atom is -0.422 e. The van der Waals surface area contributed by atoms with Gasteiger partial charge >= 0.3 is 5.97 Å². The van der Waals surface area contributed by atoms with Crippen LogP contribution in [-0.2, 0) is 0 Å².